The minimum absolute atomic E-state index is 0.0478. The summed E-state index contributed by atoms with van der Waals surface area (Å²) in [4.78, 5) is 12.3. The minimum atomic E-state index is -0.352. The molecular formula is C17H15NO3. The van der Waals surface area contributed by atoms with Crippen LogP contribution in [0.1, 0.15) is 28.6 Å². The second kappa shape index (κ2) is 6.58. The number of rotatable bonds is 5. The summed E-state index contributed by atoms with van der Waals surface area (Å²) in [6.45, 7) is 4.09. The van der Waals surface area contributed by atoms with Crippen LogP contribution in [0.4, 0.5) is 0 Å². The normalized spacial score (nSPS) is 11.0. The van der Waals surface area contributed by atoms with Crippen molar-refractivity contribution in [2.24, 2.45) is 0 Å². The first-order valence-corrected chi connectivity index (χ1v) is 6.59. The highest BCUT2D eigenvalue weighted by Crippen LogP contribution is 2.23. The number of para-hydroxylation sites is 1. The van der Waals surface area contributed by atoms with Gasteiger partial charge in [0.1, 0.15) is 23.2 Å². The van der Waals surface area contributed by atoms with Gasteiger partial charge in [0, 0.05) is 5.56 Å². The average molecular weight is 281 g/mol. The first-order chi connectivity index (χ1) is 10.2. The van der Waals surface area contributed by atoms with Crippen LogP contribution in [0, 0.1) is 18.3 Å². The first kappa shape index (κ1) is 14.6. The number of carbonyl (C=O) groups excluding carboxylic acids is 1. The summed E-state index contributed by atoms with van der Waals surface area (Å²) in [7, 11) is 0. The van der Waals surface area contributed by atoms with Gasteiger partial charge in [0.25, 0.3) is 0 Å². The lowest BCUT2D eigenvalue weighted by molar-refractivity contribution is 0.103. The van der Waals surface area contributed by atoms with E-state index in [0.29, 0.717) is 29.2 Å². The Kier molecular flexibility index (Phi) is 4.57. The predicted octanol–water partition coefficient (Wildman–Crippen LogP) is 3.78. The molecule has 0 atom stereocenters. The van der Waals surface area contributed by atoms with Gasteiger partial charge in [-0.25, -0.2) is 0 Å². The summed E-state index contributed by atoms with van der Waals surface area (Å²) >= 11 is 0. The number of aryl methyl sites for hydroxylation is 1. The van der Waals surface area contributed by atoms with Crippen molar-refractivity contribution < 1.29 is 13.9 Å². The second-order valence-electron chi connectivity index (χ2n) is 4.36. The molecule has 0 aliphatic carbocycles. The van der Waals surface area contributed by atoms with Crippen molar-refractivity contribution in [1.29, 1.82) is 5.26 Å². The molecule has 0 N–H and O–H groups in total. The van der Waals surface area contributed by atoms with Crippen molar-refractivity contribution in [3.05, 3.63) is 59.1 Å². The van der Waals surface area contributed by atoms with Gasteiger partial charge in [0.05, 0.1) is 18.4 Å². The zero-order valence-electron chi connectivity index (χ0n) is 11.9. The zero-order valence-corrected chi connectivity index (χ0v) is 11.9. The van der Waals surface area contributed by atoms with Gasteiger partial charge in [-0.3, -0.25) is 4.79 Å². The van der Waals surface area contributed by atoms with Crippen molar-refractivity contribution in [1.82, 2.24) is 0 Å². The Morgan fingerprint density at radius 2 is 2.14 bits per heavy atom. The number of Topliss-reactive ketones (excluding diaryl/α,β-unsaturated/α-hetero) is 1. The quantitative estimate of drug-likeness (QED) is 0.475. The van der Waals surface area contributed by atoms with Gasteiger partial charge in [-0.05, 0) is 32.1 Å². The summed E-state index contributed by atoms with van der Waals surface area (Å²) < 4.78 is 10.6. The molecule has 0 aliphatic heterocycles. The zero-order chi connectivity index (χ0) is 15.2. The molecule has 0 radical (unpaired) electrons. The standard InChI is InChI=1S/C17H15NO3/c1-3-20-16-7-5-4-6-13(16)10-14(11-18)17(19)15-8-9-21-12(15)2/h4-10H,3H2,1-2H3/b14-10+. The van der Waals surface area contributed by atoms with Crippen molar-refractivity contribution in [3.8, 4) is 11.8 Å². The van der Waals surface area contributed by atoms with Crippen LogP contribution in [0.15, 0.2) is 46.6 Å². The summed E-state index contributed by atoms with van der Waals surface area (Å²) in [6, 6.07) is 10.8. The molecule has 106 valence electrons. The van der Waals surface area contributed by atoms with Crippen LogP contribution in [-0.4, -0.2) is 12.4 Å². The number of nitrogens with zero attached hydrogens (tertiary/aromatic N) is 1. The van der Waals surface area contributed by atoms with E-state index in [0.717, 1.165) is 0 Å². The van der Waals surface area contributed by atoms with Crippen LogP contribution >= 0.6 is 0 Å². The average Bonchev–Trinajstić information content (AvgIpc) is 2.92. The number of ether oxygens (including phenoxy) is 1. The molecule has 0 amide bonds. The number of ketones is 1. The molecule has 0 aliphatic rings. The highest BCUT2D eigenvalue weighted by molar-refractivity contribution is 6.14. The highest BCUT2D eigenvalue weighted by atomic mass is 16.5. The molecular weight excluding hydrogens is 266 g/mol. The van der Waals surface area contributed by atoms with Crippen molar-refractivity contribution >= 4 is 11.9 Å². The lowest BCUT2D eigenvalue weighted by Gasteiger charge is -2.07. The Balaban J connectivity index is 2.40. The molecule has 1 heterocycles. The van der Waals surface area contributed by atoms with Crippen LogP contribution < -0.4 is 4.74 Å². The molecule has 21 heavy (non-hydrogen) atoms. The fourth-order valence-electron chi connectivity index (χ4n) is 1.96. The van der Waals surface area contributed by atoms with Gasteiger partial charge in [-0.15, -0.1) is 0 Å². The van der Waals surface area contributed by atoms with Gasteiger partial charge in [-0.1, -0.05) is 18.2 Å². The second-order valence-corrected chi connectivity index (χ2v) is 4.36. The fourth-order valence-corrected chi connectivity index (χ4v) is 1.96. The number of nitriles is 1. The van der Waals surface area contributed by atoms with Crippen LogP contribution in [0.25, 0.3) is 6.08 Å². The molecule has 2 aromatic rings. The van der Waals surface area contributed by atoms with Crippen molar-refractivity contribution in [3.63, 3.8) is 0 Å². The topological polar surface area (TPSA) is 63.2 Å². The monoisotopic (exact) mass is 281 g/mol. The maximum Gasteiger partial charge on any atom is 0.207 e. The van der Waals surface area contributed by atoms with E-state index in [1.54, 1.807) is 31.2 Å². The molecule has 4 heteroatoms. The Hall–Kier alpha value is -2.80. The van der Waals surface area contributed by atoms with E-state index in [1.807, 2.05) is 25.1 Å². The first-order valence-electron chi connectivity index (χ1n) is 6.59. The van der Waals surface area contributed by atoms with E-state index < -0.39 is 0 Å². The van der Waals surface area contributed by atoms with Crippen molar-refractivity contribution in [2.45, 2.75) is 13.8 Å². The Labute approximate surface area is 123 Å². The third-order valence-electron chi connectivity index (χ3n) is 2.99. The summed E-state index contributed by atoms with van der Waals surface area (Å²) in [5.74, 6) is 0.791. The summed E-state index contributed by atoms with van der Waals surface area (Å²) in [6.07, 6.45) is 2.98. The van der Waals surface area contributed by atoms with Crippen LogP contribution in [-0.2, 0) is 0 Å². The molecule has 0 spiro atoms. The summed E-state index contributed by atoms with van der Waals surface area (Å²) in [5, 5.41) is 9.26. The van der Waals surface area contributed by atoms with E-state index in [9.17, 15) is 10.1 Å². The molecule has 0 unspecified atom stereocenters. The molecule has 0 bridgehead atoms. The summed E-state index contributed by atoms with van der Waals surface area (Å²) in [5.41, 5.74) is 1.15. The smallest absolute Gasteiger partial charge is 0.207 e. The van der Waals surface area contributed by atoms with E-state index in [1.165, 1.54) is 6.26 Å². The predicted molar refractivity (Wildman–Crippen MR) is 79.0 cm³/mol. The maximum absolute atomic E-state index is 12.3. The van der Waals surface area contributed by atoms with Crippen LogP contribution in [0.3, 0.4) is 0 Å². The van der Waals surface area contributed by atoms with E-state index >= 15 is 0 Å². The molecule has 2 rings (SSSR count). The SMILES string of the molecule is CCOc1ccccc1/C=C(\C#N)C(=O)c1ccoc1C. The molecule has 0 saturated heterocycles. The Bertz CT molecular complexity index is 720. The largest absolute Gasteiger partial charge is 0.493 e. The Morgan fingerprint density at radius 3 is 2.76 bits per heavy atom. The van der Waals surface area contributed by atoms with E-state index in [4.69, 9.17) is 9.15 Å². The highest BCUT2D eigenvalue weighted by Gasteiger charge is 2.17. The third kappa shape index (κ3) is 3.21. The number of allylic oxidation sites excluding steroid dienone is 1. The van der Waals surface area contributed by atoms with Gasteiger partial charge >= 0.3 is 0 Å². The number of benzene rings is 1. The number of hydrogen-bond donors (Lipinski definition) is 0. The maximum atomic E-state index is 12.3. The molecule has 1 aromatic carbocycles. The fraction of sp³-hybridized carbons (Fsp3) is 0.176. The lowest BCUT2D eigenvalue weighted by Crippen LogP contribution is -2.02. The lowest BCUT2D eigenvalue weighted by atomic mass is 10.0. The van der Waals surface area contributed by atoms with E-state index in [2.05, 4.69) is 0 Å². The molecule has 0 fully saturated rings. The van der Waals surface area contributed by atoms with Gasteiger partial charge < -0.3 is 9.15 Å². The minimum Gasteiger partial charge on any atom is -0.493 e. The van der Waals surface area contributed by atoms with Crippen molar-refractivity contribution in [2.75, 3.05) is 6.61 Å². The van der Waals surface area contributed by atoms with Crippen LogP contribution in [0.2, 0.25) is 0 Å². The molecule has 4 nitrogen and oxygen atoms in total. The van der Waals surface area contributed by atoms with Gasteiger partial charge in [0.2, 0.25) is 5.78 Å². The number of hydrogen-bond acceptors (Lipinski definition) is 4. The van der Waals surface area contributed by atoms with Gasteiger partial charge in [-0.2, -0.15) is 5.26 Å². The third-order valence-corrected chi connectivity index (χ3v) is 2.99. The Morgan fingerprint density at radius 1 is 1.38 bits per heavy atom. The van der Waals surface area contributed by atoms with Crippen LogP contribution in [0.5, 0.6) is 5.75 Å². The number of furan rings is 1. The molecule has 0 saturated carbocycles. The molecule has 1 aromatic heterocycles. The number of carbonyl (C=O) groups is 1. The van der Waals surface area contributed by atoms with Gasteiger partial charge in [0.15, 0.2) is 0 Å². The van der Waals surface area contributed by atoms with E-state index in [-0.39, 0.29) is 11.4 Å².